The van der Waals surface area contributed by atoms with E-state index in [-0.39, 0.29) is 24.8 Å². The topological polar surface area (TPSA) is 111 Å². The molecule has 0 aliphatic heterocycles. The lowest BCUT2D eigenvalue weighted by Gasteiger charge is -2.08. The minimum absolute atomic E-state index is 0.112. The number of nitrogens with one attached hydrogen (secondary N) is 2. The van der Waals surface area contributed by atoms with Crippen molar-refractivity contribution in [1.82, 2.24) is 20.1 Å². The zero-order valence-electron chi connectivity index (χ0n) is 16.4. The van der Waals surface area contributed by atoms with Crippen LogP contribution in [-0.4, -0.2) is 33.1 Å². The third kappa shape index (κ3) is 5.15. The van der Waals surface area contributed by atoms with Gasteiger partial charge in [0.15, 0.2) is 5.76 Å². The molecule has 0 atom stereocenters. The minimum atomic E-state index is -0.492. The average Bonchev–Trinajstić information content (AvgIpc) is 3.50. The van der Waals surface area contributed by atoms with E-state index in [0.29, 0.717) is 17.0 Å². The molecule has 156 valence electrons. The molecule has 0 saturated carbocycles. The molecule has 0 unspecified atom stereocenters. The summed E-state index contributed by atoms with van der Waals surface area (Å²) in [6.45, 7) is -0.0308. The second-order valence-electron chi connectivity index (χ2n) is 6.49. The Morgan fingerprint density at radius 2 is 1.84 bits per heavy atom. The zero-order chi connectivity index (χ0) is 21.5. The Morgan fingerprint density at radius 1 is 1.03 bits per heavy atom. The highest BCUT2D eigenvalue weighted by molar-refractivity contribution is 5.98. The summed E-state index contributed by atoms with van der Waals surface area (Å²) in [4.78, 5) is 28.5. The summed E-state index contributed by atoms with van der Waals surface area (Å²) in [5.41, 5.74) is 2.00. The number of amides is 2. The van der Waals surface area contributed by atoms with Crippen molar-refractivity contribution in [3.8, 4) is 11.4 Å². The van der Waals surface area contributed by atoms with Gasteiger partial charge in [0, 0.05) is 11.3 Å². The Bertz CT molecular complexity index is 1140. The van der Waals surface area contributed by atoms with E-state index >= 15 is 0 Å². The van der Waals surface area contributed by atoms with Gasteiger partial charge in [-0.15, -0.1) is 0 Å². The van der Waals surface area contributed by atoms with Crippen molar-refractivity contribution in [2.24, 2.45) is 0 Å². The molecule has 9 nitrogen and oxygen atoms in total. The Hall–Kier alpha value is -4.40. The van der Waals surface area contributed by atoms with Gasteiger partial charge in [0.2, 0.25) is 5.91 Å². The molecule has 2 aromatic heterocycles. The number of carbonyl (C=O) groups excluding carboxylic acids is 2. The maximum atomic E-state index is 12.4. The van der Waals surface area contributed by atoms with E-state index in [4.69, 9.17) is 9.15 Å². The number of hydrogen-bond donors (Lipinski definition) is 2. The molecule has 0 aliphatic carbocycles. The molecular weight excluding hydrogens is 398 g/mol. The van der Waals surface area contributed by atoms with Crippen LogP contribution in [0.3, 0.4) is 0 Å². The fourth-order valence-electron chi connectivity index (χ4n) is 2.81. The Morgan fingerprint density at radius 3 is 2.58 bits per heavy atom. The molecule has 4 aromatic rings. The number of furan rings is 1. The summed E-state index contributed by atoms with van der Waals surface area (Å²) < 4.78 is 12.5. The summed E-state index contributed by atoms with van der Waals surface area (Å²) >= 11 is 0. The maximum absolute atomic E-state index is 12.4. The van der Waals surface area contributed by atoms with E-state index in [2.05, 4.69) is 20.7 Å². The molecule has 4 rings (SSSR count). The lowest BCUT2D eigenvalue weighted by Crippen LogP contribution is -2.33. The smallest absolute Gasteiger partial charge is 0.287 e. The van der Waals surface area contributed by atoms with Crippen LogP contribution in [0.15, 0.2) is 84.0 Å². The first-order valence-corrected chi connectivity index (χ1v) is 9.46. The molecule has 0 aliphatic rings. The molecule has 31 heavy (non-hydrogen) atoms. The van der Waals surface area contributed by atoms with Crippen molar-refractivity contribution in [3.63, 3.8) is 0 Å². The van der Waals surface area contributed by atoms with Crippen LogP contribution in [0.25, 0.3) is 5.69 Å². The van der Waals surface area contributed by atoms with Gasteiger partial charge in [0.25, 0.3) is 5.91 Å². The van der Waals surface area contributed by atoms with Crippen LogP contribution in [0.2, 0.25) is 0 Å². The van der Waals surface area contributed by atoms with Crippen molar-refractivity contribution in [2.45, 2.75) is 6.61 Å². The second kappa shape index (κ2) is 9.40. The number of ether oxygens (including phenoxy) is 1. The first-order chi connectivity index (χ1) is 15.2. The number of rotatable bonds is 8. The standard InChI is InChI=1S/C22H19N5O4/c28-20(26-17-6-8-18(9-7-17)27-15-23-14-25-27)12-24-22(29)21-16(10-11-30-21)13-31-19-4-2-1-3-5-19/h1-11,14-15H,12-13H2,(H,24,29)(H,26,28). The normalized spacial score (nSPS) is 10.5. The molecule has 2 N–H and O–H groups in total. The highest BCUT2D eigenvalue weighted by Gasteiger charge is 2.17. The fourth-order valence-corrected chi connectivity index (χ4v) is 2.81. The first-order valence-electron chi connectivity index (χ1n) is 9.46. The first kappa shape index (κ1) is 19.9. The molecule has 0 fully saturated rings. The molecule has 0 spiro atoms. The van der Waals surface area contributed by atoms with Gasteiger partial charge in [-0.25, -0.2) is 9.67 Å². The number of hydrogen-bond acceptors (Lipinski definition) is 6. The zero-order valence-corrected chi connectivity index (χ0v) is 16.4. The van der Waals surface area contributed by atoms with Crippen molar-refractivity contribution in [1.29, 1.82) is 0 Å². The van der Waals surface area contributed by atoms with E-state index in [1.54, 1.807) is 41.3 Å². The summed E-state index contributed by atoms with van der Waals surface area (Å²) in [5, 5.41) is 9.32. The lowest BCUT2D eigenvalue weighted by molar-refractivity contribution is -0.115. The van der Waals surface area contributed by atoms with E-state index < -0.39 is 5.91 Å². The Labute approximate surface area is 177 Å². The monoisotopic (exact) mass is 417 g/mol. The van der Waals surface area contributed by atoms with Gasteiger partial charge in [0.1, 0.15) is 25.0 Å². The van der Waals surface area contributed by atoms with Gasteiger partial charge in [-0.1, -0.05) is 18.2 Å². The average molecular weight is 417 g/mol. The molecule has 2 amide bonds. The molecule has 2 aromatic carbocycles. The third-order valence-electron chi connectivity index (χ3n) is 4.33. The van der Waals surface area contributed by atoms with Crippen LogP contribution in [-0.2, 0) is 11.4 Å². The number of nitrogens with zero attached hydrogens (tertiary/aromatic N) is 3. The van der Waals surface area contributed by atoms with Gasteiger partial charge in [-0.2, -0.15) is 5.10 Å². The fraction of sp³-hybridized carbons (Fsp3) is 0.0909. The Kier molecular flexibility index (Phi) is 6.03. The Balaban J connectivity index is 1.28. The number of para-hydroxylation sites is 1. The van der Waals surface area contributed by atoms with Crippen molar-refractivity contribution < 1.29 is 18.7 Å². The van der Waals surface area contributed by atoms with Gasteiger partial charge >= 0.3 is 0 Å². The minimum Gasteiger partial charge on any atom is -0.489 e. The maximum Gasteiger partial charge on any atom is 0.287 e. The van der Waals surface area contributed by atoms with Crippen LogP contribution < -0.4 is 15.4 Å². The van der Waals surface area contributed by atoms with E-state index in [0.717, 1.165) is 5.69 Å². The quantitative estimate of drug-likeness (QED) is 0.456. The van der Waals surface area contributed by atoms with Crippen LogP contribution >= 0.6 is 0 Å². The predicted molar refractivity (Wildman–Crippen MR) is 112 cm³/mol. The summed E-state index contributed by atoms with van der Waals surface area (Å²) in [6, 6.07) is 18.0. The summed E-state index contributed by atoms with van der Waals surface area (Å²) in [7, 11) is 0. The predicted octanol–water partition coefficient (Wildman–Crippen LogP) is 2.81. The number of carbonyl (C=O) groups is 2. The van der Waals surface area contributed by atoms with Crippen LogP contribution in [0.4, 0.5) is 5.69 Å². The summed E-state index contributed by atoms with van der Waals surface area (Å²) in [6.07, 6.45) is 4.43. The summed E-state index contributed by atoms with van der Waals surface area (Å²) in [5.74, 6) is -0.0611. The van der Waals surface area contributed by atoms with E-state index in [9.17, 15) is 9.59 Å². The highest BCUT2D eigenvalue weighted by atomic mass is 16.5. The molecule has 0 radical (unpaired) electrons. The number of benzene rings is 2. The van der Waals surface area contributed by atoms with Crippen molar-refractivity contribution in [3.05, 3.63) is 90.9 Å². The van der Waals surface area contributed by atoms with Gasteiger partial charge in [-0.3, -0.25) is 9.59 Å². The lowest BCUT2D eigenvalue weighted by atomic mass is 10.2. The number of anilines is 1. The largest absolute Gasteiger partial charge is 0.489 e. The van der Waals surface area contributed by atoms with Gasteiger partial charge < -0.3 is 19.8 Å². The number of aromatic nitrogens is 3. The van der Waals surface area contributed by atoms with Crippen LogP contribution in [0.5, 0.6) is 5.75 Å². The SMILES string of the molecule is O=C(CNC(=O)c1occc1COc1ccccc1)Nc1ccc(-n2cncn2)cc1. The van der Waals surface area contributed by atoms with Crippen molar-refractivity contribution >= 4 is 17.5 Å². The second-order valence-corrected chi connectivity index (χ2v) is 6.49. The third-order valence-corrected chi connectivity index (χ3v) is 4.33. The highest BCUT2D eigenvalue weighted by Crippen LogP contribution is 2.16. The molecule has 2 heterocycles. The molecule has 9 heteroatoms. The van der Waals surface area contributed by atoms with E-state index in [1.165, 1.54) is 12.6 Å². The molecular formula is C22H19N5O4. The van der Waals surface area contributed by atoms with Gasteiger partial charge in [0.05, 0.1) is 18.5 Å². The van der Waals surface area contributed by atoms with E-state index in [1.807, 2.05) is 30.3 Å². The van der Waals surface area contributed by atoms with Crippen LogP contribution in [0.1, 0.15) is 16.1 Å². The van der Waals surface area contributed by atoms with Crippen molar-refractivity contribution in [2.75, 3.05) is 11.9 Å². The van der Waals surface area contributed by atoms with Gasteiger partial charge in [-0.05, 0) is 42.5 Å². The molecule has 0 bridgehead atoms. The molecule has 0 saturated heterocycles. The van der Waals surface area contributed by atoms with Crippen LogP contribution in [0, 0.1) is 0 Å².